The van der Waals surface area contributed by atoms with Gasteiger partial charge in [0.15, 0.2) is 0 Å². The number of hydrogen-bond donors (Lipinski definition) is 1. The molecule has 0 saturated heterocycles. The van der Waals surface area contributed by atoms with Crippen LogP contribution in [0.25, 0.3) is 10.2 Å². The molecular weight excluding hydrogens is 493 g/mol. The molecule has 7 nitrogen and oxygen atoms in total. The van der Waals surface area contributed by atoms with Crippen molar-refractivity contribution in [3.05, 3.63) is 56.1 Å². The van der Waals surface area contributed by atoms with Crippen LogP contribution >= 0.6 is 34.5 Å². The molecular formula is C21H23Cl2N3O4S2. The largest absolute Gasteiger partial charge is 0.324 e. The van der Waals surface area contributed by atoms with Crippen LogP contribution in [-0.4, -0.2) is 31.2 Å². The van der Waals surface area contributed by atoms with Crippen molar-refractivity contribution in [2.75, 3.05) is 15.9 Å². The quantitative estimate of drug-likeness (QED) is 0.472. The van der Waals surface area contributed by atoms with E-state index in [0.717, 1.165) is 32.1 Å². The number of rotatable bonds is 7. The van der Waals surface area contributed by atoms with Crippen LogP contribution < -0.4 is 14.5 Å². The van der Waals surface area contributed by atoms with Crippen LogP contribution in [-0.2, 0) is 14.8 Å². The van der Waals surface area contributed by atoms with Crippen molar-refractivity contribution in [2.45, 2.75) is 39.3 Å². The number of thiazole rings is 1. The van der Waals surface area contributed by atoms with Gasteiger partial charge in [-0.05, 0) is 56.7 Å². The number of carbonyl (C=O) groups excluding carboxylic acids is 1. The number of fused-ring (bicyclic) bond motifs is 1. The Morgan fingerprint density at radius 1 is 1.16 bits per heavy atom. The summed E-state index contributed by atoms with van der Waals surface area (Å²) in [5.41, 5.74) is 1.46. The van der Waals surface area contributed by atoms with E-state index in [4.69, 9.17) is 23.2 Å². The SMILES string of the molecule is CC[C@H](C(=O)Nc1ccc2c(c1)sc(=O)n2C(C)C)N(c1cc(Cl)cc(Cl)c1)S(C)(=O)=O. The first kappa shape index (κ1) is 24.6. The second-order valence-corrected chi connectivity index (χ2v) is 11.3. The van der Waals surface area contributed by atoms with E-state index in [1.165, 1.54) is 18.2 Å². The fourth-order valence-electron chi connectivity index (χ4n) is 3.56. The Labute approximate surface area is 200 Å². The number of halogens is 2. The van der Waals surface area contributed by atoms with Gasteiger partial charge in [-0.2, -0.15) is 0 Å². The highest BCUT2D eigenvalue weighted by Crippen LogP contribution is 2.30. The molecule has 11 heteroatoms. The maximum atomic E-state index is 13.1. The summed E-state index contributed by atoms with van der Waals surface area (Å²) in [6.07, 6.45) is 1.23. The smallest absolute Gasteiger partial charge is 0.308 e. The summed E-state index contributed by atoms with van der Waals surface area (Å²) in [6.45, 7) is 5.57. The molecule has 0 fully saturated rings. The standard InChI is InChI=1S/C21H23Cl2N3O4S2/c1-5-17(26(32(4,29)30)16-9-13(22)8-14(23)10-16)20(27)24-15-6-7-18-19(11-15)31-21(28)25(18)12(2)3/h6-12,17H,5H2,1-4H3,(H,24,27)/t17-/m1/s1. The van der Waals surface area contributed by atoms with Gasteiger partial charge in [-0.15, -0.1) is 0 Å². The molecule has 172 valence electrons. The highest BCUT2D eigenvalue weighted by molar-refractivity contribution is 7.92. The lowest BCUT2D eigenvalue weighted by Gasteiger charge is -2.30. The second-order valence-electron chi connectivity index (χ2n) is 7.61. The molecule has 0 saturated carbocycles. The van der Waals surface area contributed by atoms with E-state index in [1.807, 2.05) is 13.8 Å². The molecule has 0 radical (unpaired) electrons. The topological polar surface area (TPSA) is 88.5 Å². The first-order valence-electron chi connectivity index (χ1n) is 9.83. The number of sulfonamides is 1. The molecule has 1 amide bonds. The van der Waals surface area contributed by atoms with Gasteiger partial charge in [0.25, 0.3) is 0 Å². The fraction of sp³-hybridized carbons (Fsp3) is 0.333. The lowest BCUT2D eigenvalue weighted by Crippen LogP contribution is -2.47. The summed E-state index contributed by atoms with van der Waals surface area (Å²) in [4.78, 5) is 25.3. The number of amides is 1. The molecule has 0 spiro atoms. The minimum Gasteiger partial charge on any atom is -0.324 e. The number of nitrogens with zero attached hydrogens (tertiary/aromatic N) is 2. The fourth-order valence-corrected chi connectivity index (χ4v) is 6.32. The number of benzene rings is 2. The first-order chi connectivity index (χ1) is 14.9. The first-order valence-corrected chi connectivity index (χ1v) is 13.3. The highest BCUT2D eigenvalue weighted by Gasteiger charge is 2.32. The predicted molar refractivity (Wildman–Crippen MR) is 133 cm³/mol. The van der Waals surface area contributed by atoms with Crippen molar-refractivity contribution in [1.82, 2.24) is 4.57 Å². The normalized spacial score (nSPS) is 12.8. The van der Waals surface area contributed by atoms with Crippen LogP contribution in [0, 0.1) is 0 Å². The zero-order chi connectivity index (χ0) is 23.8. The van der Waals surface area contributed by atoms with Crippen molar-refractivity contribution in [3.8, 4) is 0 Å². The van der Waals surface area contributed by atoms with Crippen molar-refractivity contribution in [2.24, 2.45) is 0 Å². The average Bonchev–Trinajstić information content (AvgIpc) is 2.98. The summed E-state index contributed by atoms with van der Waals surface area (Å²) < 4.78 is 28.7. The van der Waals surface area contributed by atoms with Gasteiger partial charge in [0.05, 0.1) is 22.2 Å². The Bertz CT molecular complexity index is 1310. The van der Waals surface area contributed by atoms with E-state index in [0.29, 0.717) is 5.69 Å². The molecule has 0 aliphatic rings. The van der Waals surface area contributed by atoms with Crippen LogP contribution in [0.1, 0.15) is 33.2 Å². The lowest BCUT2D eigenvalue weighted by atomic mass is 10.1. The van der Waals surface area contributed by atoms with Gasteiger partial charge >= 0.3 is 4.87 Å². The minimum atomic E-state index is -3.83. The number of nitrogens with one attached hydrogen (secondary N) is 1. The number of anilines is 2. The molecule has 3 aromatic rings. The zero-order valence-corrected chi connectivity index (χ0v) is 21.1. The summed E-state index contributed by atoms with van der Waals surface area (Å²) in [7, 11) is -3.83. The zero-order valence-electron chi connectivity index (χ0n) is 17.9. The summed E-state index contributed by atoms with van der Waals surface area (Å²) in [6, 6.07) is 8.53. The van der Waals surface area contributed by atoms with Crippen LogP contribution in [0.15, 0.2) is 41.2 Å². The predicted octanol–water partition coefficient (Wildman–Crippen LogP) is 5.13. The van der Waals surface area contributed by atoms with E-state index >= 15 is 0 Å². The Morgan fingerprint density at radius 2 is 1.78 bits per heavy atom. The van der Waals surface area contributed by atoms with Gasteiger partial charge in [-0.3, -0.25) is 18.5 Å². The Morgan fingerprint density at radius 3 is 2.31 bits per heavy atom. The molecule has 1 atom stereocenters. The molecule has 0 aliphatic heterocycles. The van der Waals surface area contributed by atoms with E-state index in [2.05, 4.69) is 5.32 Å². The molecule has 2 aromatic carbocycles. The van der Waals surface area contributed by atoms with Gasteiger partial charge < -0.3 is 5.32 Å². The molecule has 0 bridgehead atoms. The Kier molecular flexibility index (Phi) is 7.24. The third-order valence-corrected chi connectivity index (χ3v) is 7.36. The van der Waals surface area contributed by atoms with E-state index in [-0.39, 0.29) is 33.1 Å². The third-order valence-electron chi connectivity index (χ3n) is 4.83. The maximum Gasteiger partial charge on any atom is 0.308 e. The molecule has 1 aromatic heterocycles. The molecule has 3 rings (SSSR count). The minimum absolute atomic E-state index is 0.00834. The second kappa shape index (κ2) is 9.43. The van der Waals surface area contributed by atoms with Gasteiger partial charge in [-0.25, -0.2) is 8.42 Å². The van der Waals surface area contributed by atoms with Crippen LogP contribution in [0.3, 0.4) is 0 Å². The number of hydrogen-bond acceptors (Lipinski definition) is 5. The van der Waals surface area contributed by atoms with Crippen molar-refractivity contribution >= 4 is 72.1 Å². The van der Waals surface area contributed by atoms with Crippen molar-refractivity contribution in [1.29, 1.82) is 0 Å². The van der Waals surface area contributed by atoms with Gasteiger partial charge in [0.2, 0.25) is 15.9 Å². The molecule has 0 aliphatic carbocycles. The Balaban J connectivity index is 1.97. The summed E-state index contributed by atoms with van der Waals surface area (Å²) in [5, 5.41) is 3.29. The third kappa shape index (κ3) is 5.11. The number of aromatic nitrogens is 1. The van der Waals surface area contributed by atoms with Gasteiger partial charge in [0, 0.05) is 21.8 Å². The monoisotopic (exact) mass is 515 g/mol. The van der Waals surface area contributed by atoms with Gasteiger partial charge in [-0.1, -0.05) is 41.5 Å². The highest BCUT2D eigenvalue weighted by atomic mass is 35.5. The molecule has 32 heavy (non-hydrogen) atoms. The van der Waals surface area contributed by atoms with Crippen molar-refractivity contribution in [3.63, 3.8) is 0 Å². The maximum absolute atomic E-state index is 13.1. The molecule has 1 N–H and O–H groups in total. The Hall–Kier alpha value is -2.07. The van der Waals surface area contributed by atoms with Crippen LogP contribution in [0.5, 0.6) is 0 Å². The van der Waals surface area contributed by atoms with E-state index < -0.39 is 22.0 Å². The average molecular weight is 516 g/mol. The van der Waals surface area contributed by atoms with Gasteiger partial charge in [0.1, 0.15) is 6.04 Å². The molecule has 0 unspecified atom stereocenters. The van der Waals surface area contributed by atoms with E-state index in [1.54, 1.807) is 29.7 Å². The van der Waals surface area contributed by atoms with E-state index in [9.17, 15) is 18.0 Å². The van der Waals surface area contributed by atoms with Crippen LogP contribution in [0.2, 0.25) is 10.0 Å². The summed E-state index contributed by atoms with van der Waals surface area (Å²) >= 11 is 13.2. The van der Waals surface area contributed by atoms with Crippen LogP contribution in [0.4, 0.5) is 11.4 Å². The summed E-state index contributed by atoms with van der Waals surface area (Å²) in [5.74, 6) is -0.510. The molecule has 1 heterocycles. The lowest BCUT2D eigenvalue weighted by molar-refractivity contribution is -0.117. The number of carbonyl (C=O) groups is 1. The van der Waals surface area contributed by atoms with Crippen molar-refractivity contribution < 1.29 is 13.2 Å².